The number of aromatic nitrogens is 1. The van der Waals surface area contributed by atoms with Crippen molar-refractivity contribution in [3.05, 3.63) is 30.5 Å². The highest BCUT2D eigenvalue weighted by atomic mass is 32.2. The zero-order valence-corrected chi connectivity index (χ0v) is 9.35. The van der Waals surface area contributed by atoms with Gasteiger partial charge in [0.15, 0.2) is 0 Å². The summed E-state index contributed by atoms with van der Waals surface area (Å²) in [6.45, 7) is 0. The molecule has 0 saturated heterocycles. The zero-order valence-electron chi connectivity index (χ0n) is 8.53. The average molecular weight is 239 g/mol. The summed E-state index contributed by atoms with van der Waals surface area (Å²) >= 11 is 0. The van der Waals surface area contributed by atoms with Crippen molar-refractivity contribution in [2.45, 2.75) is 0 Å². The van der Waals surface area contributed by atoms with Crippen molar-refractivity contribution >= 4 is 33.5 Å². The van der Waals surface area contributed by atoms with Crippen molar-refractivity contribution in [3.63, 3.8) is 0 Å². The van der Waals surface area contributed by atoms with Crippen LogP contribution in [0.3, 0.4) is 0 Å². The van der Waals surface area contributed by atoms with Crippen molar-refractivity contribution in [1.82, 2.24) is 3.97 Å². The highest BCUT2D eigenvalue weighted by Gasteiger charge is 2.14. The minimum atomic E-state index is -3.33. The Morgan fingerprint density at radius 2 is 1.94 bits per heavy atom. The molecule has 1 heterocycles. The van der Waals surface area contributed by atoms with Crippen LogP contribution in [0.4, 0.5) is 0 Å². The highest BCUT2D eigenvalue weighted by molar-refractivity contribution is 7.89. The van der Waals surface area contributed by atoms with Gasteiger partial charge in [0.05, 0.1) is 11.8 Å². The van der Waals surface area contributed by atoms with Gasteiger partial charge in [0.25, 0.3) is 0 Å². The Morgan fingerprint density at radius 3 is 2.50 bits per heavy atom. The second kappa shape index (κ2) is 3.62. The normalized spacial score (nSPS) is 11.9. The summed E-state index contributed by atoms with van der Waals surface area (Å²) in [5, 5.41) is 18.6. The van der Waals surface area contributed by atoms with Crippen LogP contribution < -0.4 is 5.46 Å². The Kier molecular flexibility index (Phi) is 2.53. The molecule has 0 aliphatic carbocycles. The van der Waals surface area contributed by atoms with E-state index >= 15 is 0 Å². The standard InChI is InChI=1S/C9H10BNO4S/c1-16(14,15)11-5-4-7-6-8(10(12)13)2-3-9(7)11/h2-6,12-13H,1H3. The fraction of sp³-hybridized carbons (Fsp3) is 0.111. The summed E-state index contributed by atoms with van der Waals surface area (Å²) in [4.78, 5) is 0. The summed E-state index contributed by atoms with van der Waals surface area (Å²) in [5.74, 6) is 0. The van der Waals surface area contributed by atoms with Crippen molar-refractivity contribution < 1.29 is 18.5 Å². The first-order valence-corrected chi connectivity index (χ1v) is 6.42. The molecule has 2 aromatic rings. The van der Waals surface area contributed by atoms with E-state index in [-0.39, 0.29) is 0 Å². The first-order valence-electron chi connectivity index (χ1n) is 4.57. The highest BCUT2D eigenvalue weighted by Crippen LogP contribution is 2.15. The van der Waals surface area contributed by atoms with Crippen LogP contribution in [0.25, 0.3) is 10.9 Å². The summed E-state index contributed by atoms with van der Waals surface area (Å²) in [7, 11) is -4.88. The summed E-state index contributed by atoms with van der Waals surface area (Å²) in [5.41, 5.74) is 0.852. The van der Waals surface area contributed by atoms with Crippen LogP contribution in [0.15, 0.2) is 30.5 Å². The van der Waals surface area contributed by atoms with Crippen LogP contribution in [0.2, 0.25) is 0 Å². The number of nitrogens with zero attached hydrogens (tertiary/aromatic N) is 1. The Bertz CT molecular complexity index is 632. The van der Waals surface area contributed by atoms with E-state index < -0.39 is 17.1 Å². The van der Waals surface area contributed by atoms with Gasteiger partial charge >= 0.3 is 7.12 Å². The zero-order chi connectivity index (χ0) is 11.9. The minimum absolute atomic E-state index is 0.332. The maximum absolute atomic E-state index is 11.4. The predicted molar refractivity (Wildman–Crippen MR) is 62.0 cm³/mol. The lowest BCUT2D eigenvalue weighted by atomic mass is 9.80. The lowest BCUT2D eigenvalue weighted by Crippen LogP contribution is -2.29. The molecular formula is C9H10BNO4S. The molecule has 0 spiro atoms. The van der Waals surface area contributed by atoms with Gasteiger partial charge in [-0.25, -0.2) is 12.4 Å². The van der Waals surface area contributed by atoms with Gasteiger partial charge in [-0.2, -0.15) is 0 Å². The van der Waals surface area contributed by atoms with Gasteiger partial charge in [-0.3, -0.25) is 0 Å². The van der Waals surface area contributed by atoms with Crippen molar-refractivity contribution in [3.8, 4) is 0 Å². The van der Waals surface area contributed by atoms with Gasteiger partial charge in [-0.1, -0.05) is 12.1 Å². The number of rotatable bonds is 2. The second-order valence-electron chi connectivity index (χ2n) is 3.57. The molecule has 0 amide bonds. The smallest absolute Gasteiger partial charge is 0.423 e. The first-order chi connectivity index (χ1) is 7.39. The molecule has 5 nitrogen and oxygen atoms in total. The lowest BCUT2D eigenvalue weighted by molar-refractivity contribution is 0.426. The van der Waals surface area contributed by atoms with Gasteiger partial charge in [0.1, 0.15) is 0 Å². The third kappa shape index (κ3) is 1.84. The maximum Gasteiger partial charge on any atom is 0.488 e. The maximum atomic E-state index is 11.4. The molecule has 1 aromatic heterocycles. The summed E-state index contributed by atoms with van der Waals surface area (Å²) in [6, 6.07) is 6.18. The molecule has 0 atom stereocenters. The van der Waals surface area contributed by atoms with Gasteiger partial charge in [-0.15, -0.1) is 0 Å². The molecule has 16 heavy (non-hydrogen) atoms. The van der Waals surface area contributed by atoms with Crippen LogP contribution in [0.1, 0.15) is 0 Å². The van der Waals surface area contributed by atoms with E-state index in [9.17, 15) is 8.42 Å². The van der Waals surface area contributed by atoms with Gasteiger partial charge in [-0.05, 0) is 17.6 Å². The third-order valence-corrected chi connectivity index (χ3v) is 3.37. The van der Waals surface area contributed by atoms with Crippen LogP contribution in [-0.2, 0) is 10.0 Å². The Hall–Kier alpha value is -1.31. The monoisotopic (exact) mass is 239 g/mol. The largest absolute Gasteiger partial charge is 0.488 e. The minimum Gasteiger partial charge on any atom is -0.423 e. The second-order valence-corrected chi connectivity index (χ2v) is 5.43. The number of hydrogen-bond donors (Lipinski definition) is 2. The van der Waals surface area contributed by atoms with Crippen molar-refractivity contribution in [2.75, 3.05) is 6.26 Å². The molecule has 0 unspecified atom stereocenters. The van der Waals surface area contributed by atoms with E-state index in [1.54, 1.807) is 18.2 Å². The molecular weight excluding hydrogens is 229 g/mol. The van der Waals surface area contributed by atoms with Crippen LogP contribution >= 0.6 is 0 Å². The fourth-order valence-corrected chi connectivity index (χ4v) is 2.39. The van der Waals surface area contributed by atoms with E-state index in [1.165, 1.54) is 12.3 Å². The van der Waals surface area contributed by atoms with Gasteiger partial charge in [0.2, 0.25) is 10.0 Å². The van der Waals surface area contributed by atoms with Crippen LogP contribution in [0, 0.1) is 0 Å². The molecule has 1 aromatic carbocycles. The topological polar surface area (TPSA) is 79.5 Å². The predicted octanol–water partition coefficient (Wildman–Crippen LogP) is -0.871. The molecule has 2 N–H and O–H groups in total. The summed E-state index contributed by atoms with van der Waals surface area (Å²) < 4.78 is 23.9. The van der Waals surface area contributed by atoms with Gasteiger partial charge < -0.3 is 10.0 Å². The Morgan fingerprint density at radius 1 is 1.25 bits per heavy atom. The number of hydrogen-bond acceptors (Lipinski definition) is 4. The van der Waals surface area contributed by atoms with Crippen molar-refractivity contribution in [1.29, 1.82) is 0 Å². The van der Waals surface area contributed by atoms with Crippen LogP contribution in [0.5, 0.6) is 0 Å². The molecule has 0 bridgehead atoms. The molecule has 7 heteroatoms. The molecule has 0 fully saturated rings. The Balaban J connectivity index is 2.69. The number of fused-ring (bicyclic) bond motifs is 1. The van der Waals surface area contributed by atoms with E-state index in [2.05, 4.69) is 0 Å². The van der Waals surface area contributed by atoms with E-state index in [1.807, 2.05) is 0 Å². The quantitative estimate of drug-likeness (QED) is 0.667. The molecule has 0 saturated carbocycles. The average Bonchev–Trinajstić information content (AvgIpc) is 2.58. The van der Waals surface area contributed by atoms with Gasteiger partial charge in [0, 0.05) is 11.6 Å². The molecule has 0 radical (unpaired) electrons. The fourth-order valence-electron chi connectivity index (χ4n) is 1.59. The SMILES string of the molecule is CS(=O)(=O)n1ccc2cc(B(O)O)ccc21. The number of benzene rings is 1. The van der Waals surface area contributed by atoms with E-state index in [0.29, 0.717) is 16.4 Å². The van der Waals surface area contributed by atoms with Crippen LogP contribution in [-0.4, -0.2) is 35.8 Å². The molecule has 84 valence electrons. The Labute approximate surface area is 93.1 Å². The van der Waals surface area contributed by atoms with Crippen molar-refractivity contribution in [2.24, 2.45) is 0 Å². The first kappa shape index (κ1) is 11.2. The molecule has 0 aliphatic heterocycles. The lowest BCUT2D eigenvalue weighted by Gasteiger charge is -2.03. The van der Waals surface area contributed by atoms with E-state index in [0.717, 1.165) is 10.2 Å². The molecule has 2 rings (SSSR count). The molecule has 0 aliphatic rings. The summed E-state index contributed by atoms with van der Waals surface area (Å²) in [6.07, 6.45) is 2.55. The third-order valence-electron chi connectivity index (χ3n) is 2.33. The van der Waals surface area contributed by atoms with E-state index in [4.69, 9.17) is 10.0 Å².